The van der Waals surface area contributed by atoms with E-state index in [0.717, 1.165) is 38.3 Å². The first kappa shape index (κ1) is 15.6. The molecule has 2 rings (SSSR count). The van der Waals surface area contributed by atoms with Crippen molar-refractivity contribution in [3.8, 4) is 11.5 Å². The lowest BCUT2D eigenvalue weighted by molar-refractivity contribution is 0.349. The van der Waals surface area contributed by atoms with Crippen molar-refractivity contribution < 1.29 is 8.91 Å². The van der Waals surface area contributed by atoms with Crippen LogP contribution in [0.3, 0.4) is 0 Å². The van der Waals surface area contributed by atoms with Gasteiger partial charge in [0.05, 0.1) is 6.20 Å². The Bertz CT molecular complexity index is 535. The van der Waals surface area contributed by atoms with E-state index in [1.807, 2.05) is 0 Å². The van der Waals surface area contributed by atoms with Crippen LogP contribution in [0.1, 0.15) is 38.5 Å². The third-order valence-corrected chi connectivity index (χ3v) is 3.46. The number of aromatic nitrogens is 3. The summed E-state index contributed by atoms with van der Waals surface area (Å²) in [6.45, 7) is 2.88. The van der Waals surface area contributed by atoms with E-state index in [1.165, 1.54) is 12.1 Å². The van der Waals surface area contributed by atoms with Crippen LogP contribution in [-0.2, 0) is 6.42 Å². The number of nitrogens with zero attached hydrogens (tertiary/aromatic N) is 3. The van der Waals surface area contributed by atoms with Crippen molar-refractivity contribution in [2.24, 2.45) is 11.7 Å². The Balaban J connectivity index is 1.95. The average Bonchev–Trinajstić information content (AvgIpc) is 2.95. The summed E-state index contributed by atoms with van der Waals surface area (Å²) < 4.78 is 18.1. The number of rotatable bonds is 8. The number of pyridine rings is 1. The molecule has 114 valence electrons. The maximum Gasteiger partial charge on any atom is 0.227 e. The Morgan fingerprint density at radius 2 is 2.14 bits per heavy atom. The van der Waals surface area contributed by atoms with E-state index in [1.54, 1.807) is 0 Å². The smallest absolute Gasteiger partial charge is 0.227 e. The molecule has 0 fully saturated rings. The van der Waals surface area contributed by atoms with Gasteiger partial charge in [-0.25, -0.2) is 9.37 Å². The van der Waals surface area contributed by atoms with E-state index in [0.29, 0.717) is 29.9 Å². The normalized spacial score (nSPS) is 12.5. The van der Waals surface area contributed by atoms with Crippen molar-refractivity contribution in [2.45, 2.75) is 39.0 Å². The summed E-state index contributed by atoms with van der Waals surface area (Å²) in [5.74, 6) is 1.20. The van der Waals surface area contributed by atoms with Crippen molar-refractivity contribution >= 4 is 0 Å². The third-order valence-electron chi connectivity index (χ3n) is 3.46. The second kappa shape index (κ2) is 7.83. The molecule has 2 aromatic rings. The van der Waals surface area contributed by atoms with Crippen LogP contribution in [0.4, 0.5) is 4.39 Å². The molecule has 0 aromatic carbocycles. The summed E-state index contributed by atoms with van der Waals surface area (Å²) in [5, 5.41) is 3.89. The summed E-state index contributed by atoms with van der Waals surface area (Å²) in [7, 11) is 0. The molecule has 1 unspecified atom stereocenters. The van der Waals surface area contributed by atoms with Gasteiger partial charge in [0.1, 0.15) is 11.5 Å². The average molecular weight is 292 g/mol. The second-order valence-electron chi connectivity index (χ2n) is 5.14. The Kier molecular flexibility index (Phi) is 5.80. The highest BCUT2D eigenvalue weighted by atomic mass is 19.1. The summed E-state index contributed by atoms with van der Waals surface area (Å²) in [6.07, 6.45) is 6.21. The molecular weight excluding hydrogens is 271 g/mol. The molecule has 21 heavy (non-hydrogen) atoms. The number of nitrogens with two attached hydrogens (primary N) is 1. The summed E-state index contributed by atoms with van der Waals surface area (Å²) >= 11 is 0. The van der Waals surface area contributed by atoms with Crippen LogP contribution < -0.4 is 5.73 Å². The molecule has 0 aliphatic heterocycles. The van der Waals surface area contributed by atoms with Crippen LogP contribution in [0.25, 0.3) is 11.5 Å². The predicted octanol–water partition coefficient (Wildman–Crippen LogP) is 2.97. The molecule has 1 atom stereocenters. The maximum absolute atomic E-state index is 12.8. The van der Waals surface area contributed by atoms with Crippen LogP contribution in [-0.4, -0.2) is 21.7 Å². The first-order chi connectivity index (χ1) is 10.2. The molecule has 0 aliphatic rings. The topological polar surface area (TPSA) is 77.8 Å². The van der Waals surface area contributed by atoms with Gasteiger partial charge < -0.3 is 10.3 Å². The molecule has 2 N–H and O–H groups in total. The molecule has 0 saturated carbocycles. The lowest BCUT2D eigenvalue weighted by atomic mass is 9.94. The molecule has 0 amide bonds. The van der Waals surface area contributed by atoms with E-state index in [2.05, 4.69) is 22.0 Å². The van der Waals surface area contributed by atoms with Crippen molar-refractivity contribution in [3.63, 3.8) is 0 Å². The number of hydrogen-bond acceptors (Lipinski definition) is 5. The predicted molar refractivity (Wildman–Crippen MR) is 77.9 cm³/mol. The van der Waals surface area contributed by atoms with E-state index in [4.69, 9.17) is 10.3 Å². The molecule has 6 heteroatoms. The van der Waals surface area contributed by atoms with Gasteiger partial charge in [-0.2, -0.15) is 4.98 Å². The second-order valence-corrected chi connectivity index (χ2v) is 5.14. The number of hydrogen-bond donors (Lipinski definition) is 1. The summed E-state index contributed by atoms with van der Waals surface area (Å²) in [6, 6.07) is 2.87. The Morgan fingerprint density at radius 3 is 2.81 bits per heavy atom. The summed E-state index contributed by atoms with van der Waals surface area (Å²) in [4.78, 5) is 8.25. The minimum absolute atomic E-state index is 0.383. The van der Waals surface area contributed by atoms with Gasteiger partial charge in [-0.3, -0.25) is 0 Å². The molecule has 2 heterocycles. The van der Waals surface area contributed by atoms with Crippen LogP contribution in [0.2, 0.25) is 0 Å². The molecular formula is C15H21FN4O. The van der Waals surface area contributed by atoms with Crippen molar-refractivity contribution in [3.05, 3.63) is 30.0 Å². The first-order valence-electron chi connectivity index (χ1n) is 7.37. The summed E-state index contributed by atoms with van der Waals surface area (Å²) in [5.41, 5.74) is 6.14. The third kappa shape index (κ3) is 4.60. The molecule has 0 radical (unpaired) electrons. The minimum atomic E-state index is -0.383. The molecule has 0 saturated heterocycles. The van der Waals surface area contributed by atoms with E-state index < -0.39 is 0 Å². The maximum atomic E-state index is 12.8. The fourth-order valence-electron chi connectivity index (χ4n) is 2.37. The van der Waals surface area contributed by atoms with Gasteiger partial charge in [-0.1, -0.05) is 24.9 Å². The van der Waals surface area contributed by atoms with Gasteiger partial charge in [-0.15, -0.1) is 0 Å². The van der Waals surface area contributed by atoms with Gasteiger partial charge in [0.25, 0.3) is 0 Å². The van der Waals surface area contributed by atoms with Gasteiger partial charge in [0.2, 0.25) is 11.7 Å². The minimum Gasteiger partial charge on any atom is -0.339 e. The Hall–Kier alpha value is -1.82. The molecule has 0 bridgehead atoms. The van der Waals surface area contributed by atoms with Gasteiger partial charge in [0.15, 0.2) is 0 Å². The van der Waals surface area contributed by atoms with Gasteiger partial charge >= 0.3 is 0 Å². The van der Waals surface area contributed by atoms with E-state index in [9.17, 15) is 4.39 Å². The highest BCUT2D eigenvalue weighted by molar-refractivity contribution is 5.47. The number of aryl methyl sites for hydroxylation is 1. The standard InChI is InChI=1S/C15H21FN4O/c1-2-3-11(8-9-17)4-7-14-19-15(20-21-14)13-6-5-12(16)10-18-13/h5-6,10-11H,2-4,7-9,17H2,1H3. The fourth-order valence-corrected chi connectivity index (χ4v) is 2.37. The van der Waals surface area contributed by atoms with Gasteiger partial charge in [0, 0.05) is 6.42 Å². The zero-order valence-corrected chi connectivity index (χ0v) is 12.3. The van der Waals surface area contributed by atoms with Crippen LogP contribution >= 0.6 is 0 Å². The van der Waals surface area contributed by atoms with Crippen LogP contribution in [0, 0.1) is 11.7 Å². The van der Waals surface area contributed by atoms with Crippen molar-refractivity contribution in [1.82, 2.24) is 15.1 Å². The Labute approximate surface area is 123 Å². The van der Waals surface area contributed by atoms with E-state index >= 15 is 0 Å². The van der Waals surface area contributed by atoms with Crippen LogP contribution in [0.5, 0.6) is 0 Å². The fraction of sp³-hybridized carbons (Fsp3) is 0.533. The highest BCUT2D eigenvalue weighted by Crippen LogP contribution is 2.19. The SMILES string of the molecule is CCCC(CCN)CCc1nc(-c2ccc(F)cn2)no1. The first-order valence-corrected chi connectivity index (χ1v) is 7.37. The number of halogens is 1. The van der Waals surface area contributed by atoms with Gasteiger partial charge in [-0.05, 0) is 37.4 Å². The molecule has 2 aromatic heterocycles. The van der Waals surface area contributed by atoms with Crippen molar-refractivity contribution in [2.75, 3.05) is 6.54 Å². The monoisotopic (exact) mass is 292 g/mol. The molecule has 0 aliphatic carbocycles. The molecule has 5 nitrogen and oxygen atoms in total. The zero-order valence-electron chi connectivity index (χ0n) is 12.3. The van der Waals surface area contributed by atoms with Crippen molar-refractivity contribution in [1.29, 1.82) is 0 Å². The van der Waals surface area contributed by atoms with Crippen LogP contribution in [0.15, 0.2) is 22.9 Å². The highest BCUT2D eigenvalue weighted by Gasteiger charge is 2.13. The largest absolute Gasteiger partial charge is 0.339 e. The van der Waals surface area contributed by atoms with E-state index in [-0.39, 0.29) is 5.82 Å². The molecule has 0 spiro atoms. The zero-order chi connectivity index (χ0) is 15.1. The lowest BCUT2D eigenvalue weighted by Crippen LogP contribution is -2.09. The Morgan fingerprint density at radius 1 is 1.29 bits per heavy atom. The quantitative estimate of drug-likeness (QED) is 0.809. The lowest BCUT2D eigenvalue weighted by Gasteiger charge is -2.13.